The van der Waals surface area contributed by atoms with Gasteiger partial charge in [-0.25, -0.2) is 0 Å². The van der Waals surface area contributed by atoms with Gasteiger partial charge < -0.3 is 8.85 Å². The van der Waals surface area contributed by atoms with E-state index in [1.165, 1.54) is 24.0 Å². The third-order valence-electron chi connectivity index (χ3n) is 3.90. The van der Waals surface area contributed by atoms with Gasteiger partial charge in [0.05, 0.1) is 0 Å². The van der Waals surface area contributed by atoms with Crippen LogP contribution in [0.4, 0.5) is 0 Å². The zero-order chi connectivity index (χ0) is 19.5. The topological polar surface area (TPSA) is 18.5 Å². The molecule has 4 heteroatoms. The maximum Gasteiger partial charge on any atom is 0.184 e. The molecule has 0 bridgehead atoms. The molecule has 0 spiro atoms. The second-order valence-corrected chi connectivity index (χ2v) is 18.3. The molecule has 0 fully saturated rings. The van der Waals surface area contributed by atoms with Gasteiger partial charge in [-0.15, -0.1) is 0 Å². The molecule has 25 heavy (non-hydrogen) atoms. The van der Waals surface area contributed by atoms with Gasteiger partial charge in [0.15, 0.2) is 16.6 Å². The molecule has 0 heterocycles. The molecule has 148 valence electrons. The summed E-state index contributed by atoms with van der Waals surface area (Å²) in [5.41, 5.74) is 3.01. The normalized spacial score (nSPS) is 15.6. The van der Waals surface area contributed by atoms with Crippen LogP contribution in [0.5, 0.6) is 0 Å². The quantitative estimate of drug-likeness (QED) is 0.188. The molecule has 2 nitrogen and oxygen atoms in total. The van der Waals surface area contributed by atoms with Crippen molar-refractivity contribution < 1.29 is 8.85 Å². The third kappa shape index (κ3) is 18.4. The number of hydrogen-bond acceptors (Lipinski definition) is 2. The molecule has 0 aromatic rings. The Morgan fingerprint density at radius 2 is 1.40 bits per heavy atom. The highest BCUT2D eigenvalue weighted by Crippen LogP contribution is 2.15. The van der Waals surface area contributed by atoms with Crippen molar-refractivity contribution in [2.45, 2.75) is 105 Å². The Kier molecular flexibility index (Phi) is 12.2. The first kappa shape index (κ1) is 24.8. The summed E-state index contributed by atoms with van der Waals surface area (Å²) < 4.78 is 12.0. The summed E-state index contributed by atoms with van der Waals surface area (Å²) in [6.45, 7) is 21.2. The van der Waals surface area contributed by atoms with E-state index >= 15 is 0 Å². The van der Waals surface area contributed by atoms with E-state index in [0.717, 1.165) is 32.3 Å². The lowest BCUT2D eigenvalue weighted by molar-refractivity contribution is 0.205. The van der Waals surface area contributed by atoms with Gasteiger partial charge in [-0.2, -0.15) is 0 Å². The Labute approximate surface area is 160 Å². The van der Waals surface area contributed by atoms with E-state index in [9.17, 15) is 0 Å². The first-order chi connectivity index (χ1) is 11.4. The first-order valence-corrected chi connectivity index (χ1v) is 16.8. The molecule has 0 aliphatic carbocycles. The van der Waals surface area contributed by atoms with Crippen molar-refractivity contribution in [3.05, 3.63) is 23.3 Å². The molecule has 0 rings (SSSR count). The molecule has 1 atom stereocenters. The summed E-state index contributed by atoms with van der Waals surface area (Å²) in [6.07, 6.45) is 12.1. The Morgan fingerprint density at radius 1 is 0.840 bits per heavy atom. The average molecular weight is 385 g/mol. The molecule has 0 saturated heterocycles. The van der Waals surface area contributed by atoms with Gasteiger partial charge in [-0.05, 0) is 98.6 Å². The van der Waals surface area contributed by atoms with Crippen LogP contribution in [0.3, 0.4) is 0 Å². The maximum atomic E-state index is 6.09. The zero-order valence-electron chi connectivity index (χ0n) is 18.5. The van der Waals surface area contributed by atoms with Crippen molar-refractivity contribution in [2.75, 3.05) is 6.61 Å². The van der Waals surface area contributed by atoms with Crippen LogP contribution in [0.1, 0.15) is 59.3 Å². The van der Waals surface area contributed by atoms with Gasteiger partial charge in [-0.3, -0.25) is 0 Å². The highest BCUT2D eigenvalue weighted by Gasteiger charge is 2.17. The highest BCUT2D eigenvalue weighted by atomic mass is 28.4. The average Bonchev–Trinajstić information content (AvgIpc) is 2.40. The summed E-state index contributed by atoms with van der Waals surface area (Å²) in [4.78, 5) is 0. The minimum atomic E-state index is -1.39. The lowest BCUT2D eigenvalue weighted by atomic mass is 10.1. The van der Waals surface area contributed by atoms with E-state index in [1.807, 2.05) is 0 Å². The van der Waals surface area contributed by atoms with Gasteiger partial charge >= 0.3 is 0 Å². The van der Waals surface area contributed by atoms with E-state index in [4.69, 9.17) is 8.85 Å². The van der Waals surface area contributed by atoms with Crippen LogP contribution in [0.2, 0.25) is 39.3 Å². The van der Waals surface area contributed by atoms with Crippen LogP contribution >= 0.6 is 0 Å². The smallest absolute Gasteiger partial charge is 0.184 e. The molecule has 0 aromatic carbocycles. The van der Waals surface area contributed by atoms with E-state index < -0.39 is 16.6 Å². The summed E-state index contributed by atoms with van der Waals surface area (Å²) in [7, 11) is -2.73. The lowest BCUT2D eigenvalue weighted by Crippen LogP contribution is -2.30. The molecule has 0 aliphatic heterocycles. The molecule has 0 saturated carbocycles. The fraction of sp³-hybridized carbons (Fsp3) is 0.810. The van der Waals surface area contributed by atoms with Crippen LogP contribution in [-0.4, -0.2) is 29.3 Å². The highest BCUT2D eigenvalue weighted by molar-refractivity contribution is 6.70. The molecular formula is C21H44O2Si2. The second kappa shape index (κ2) is 12.3. The zero-order valence-corrected chi connectivity index (χ0v) is 20.5. The predicted octanol–water partition coefficient (Wildman–Crippen LogP) is 7.31. The molecular weight excluding hydrogens is 340 g/mol. The second-order valence-electron chi connectivity index (χ2n) is 9.32. The minimum Gasteiger partial charge on any atom is -0.418 e. The van der Waals surface area contributed by atoms with Gasteiger partial charge in [-0.1, -0.05) is 23.3 Å². The Hall–Kier alpha value is -0.166. The van der Waals surface area contributed by atoms with Crippen molar-refractivity contribution in [2.24, 2.45) is 0 Å². The fourth-order valence-corrected chi connectivity index (χ4v) is 4.79. The number of allylic oxidation sites excluding steroid dienone is 4. The van der Waals surface area contributed by atoms with Crippen molar-refractivity contribution in [3.8, 4) is 0 Å². The van der Waals surface area contributed by atoms with E-state index in [2.05, 4.69) is 72.2 Å². The van der Waals surface area contributed by atoms with Crippen LogP contribution in [0.15, 0.2) is 23.3 Å². The third-order valence-corrected chi connectivity index (χ3v) is 6.08. The summed E-state index contributed by atoms with van der Waals surface area (Å²) in [5.74, 6) is 0. The summed E-state index contributed by atoms with van der Waals surface area (Å²) in [5, 5.41) is 0. The Balaban J connectivity index is 3.90. The van der Waals surface area contributed by atoms with Crippen LogP contribution in [0.25, 0.3) is 0 Å². The van der Waals surface area contributed by atoms with E-state index in [1.54, 1.807) is 0 Å². The van der Waals surface area contributed by atoms with Crippen molar-refractivity contribution in [3.63, 3.8) is 0 Å². The van der Waals surface area contributed by atoms with Gasteiger partial charge in [0.1, 0.15) is 0 Å². The lowest BCUT2D eigenvalue weighted by Gasteiger charge is -2.23. The molecule has 0 amide bonds. The monoisotopic (exact) mass is 384 g/mol. The number of rotatable bonds is 13. The van der Waals surface area contributed by atoms with Crippen molar-refractivity contribution >= 4 is 16.6 Å². The summed E-state index contributed by atoms with van der Waals surface area (Å²) in [6, 6.07) is 0. The van der Waals surface area contributed by atoms with Gasteiger partial charge in [0.25, 0.3) is 0 Å². The van der Waals surface area contributed by atoms with Crippen LogP contribution in [-0.2, 0) is 8.85 Å². The van der Waals surface area contributed by atoms with Gasteiger partial charge in [0, 0.05) is 12.7 Å². The fourth-order valence-electron chi connectivity index (χ4n) is 2.71. The SMILES string of the molecule is C/C(=C/CCC(C)O[Si](C)(C)C)CC/C=C(/C)CCCO[Si](C)(C)C. The maximum absolute atomic E-state index is 6.09. The Bertz CT molecular complexity index is 415. The van der Waals surface area contributed by atoms with Crippen LogP contribution in [0, 0.1) is 0 Å². The standard InChI is InChI=1S/C21H44O2Si2/c1-19(15-11-17-21(3)23-25(7,8)9)13-10-14-20(2)16-12-18-22-24(4,5)6/h14-15,21H,10-13,16-18H2,1-9H3/b19-15-,20-14-. The summed E-state index contributed by atoms with van der Waals surface area (Å²) >= 11 is 0. The van der Waals surface area contributed by atoms with E-state index in [-0.39, 0.29) is 0 Å². The van der Waals surface area contributed by atoms with Gasteiger partial charge in [0.2, 0.25) is 0 Å². The Morgan fingerprint density at radius 3 is 1.96 bits per heavy atom. The number of hydrogen-bond donors (Lipinski definition) is 0. The van der Waals surface area contributed by atoms with Crippen molar-refractivity contribution in [1.82, 2.24) is 0 Å². The molecule has 1 unspecified atom stereocenters. The molecule has 0 N–H and O–H groups in total. The molecule has 0 aromatic heterocycles. The molecule has 0 aliphatic rings. The molecule has 0 radical (unpaired) electrons. The minimum absolute atomic E-state index is 0.385. The van der Waals surface area contributed by atoms with Crippen molar-refractivity contribution in [1.29, 1.82) is 0 Å². The van der Waals surface area contributed by atoms with E-state index in [0.29, 0.717) is 6.10 Å². The van der Waals surface area contributed by atoms with Crippen LogP contribution < -0.4 is 0 Å². The first-order valence-electron chi connectivity index (χ1n) is 10.0. The largest absolute Gasteiger partial charge is 0.418 e. The predicted molar refractivity (Wildman–Crippen MR) is 118 cm³/mol.